The van der Waals surface area contributed by atoms with Crippen molar-refractivity contribution < 1.29 is 4.79 Å². The van der Waals surface area contributed by atoms with Gasteiger partial charge in [0.25, 0.3) is 0 Å². The van der Waals surface area contributed by atoms with Crippen LogP contribution in [0.3, 0.4) is 0 Å². The molecule has 0 aliphatic carbocycles. The zero-order valence-electron chi connectivity index (χ0n) is 10.9. The number of alkyl halides is 1. The van der Waals surface area contributed by atoms with E-state index in [9.17, 15) is 4.79 Å². The van der Waals surface area contributed by atoms with E-state index in [1.54, 1.807) is 12.4 Å². The van der Waals surface area contributed by atoms with Gasteiger partial charge in [-0.2, -0.15) is 0 Å². The summed E-state index contributed by atoms with van der Waals surface area (Å²) in [6.07, 6.45) is 3.37. The van der Waals surface area contributed by atoms with Gasteiger partial charge in [0.05, 0.1) is 0 Å². The first-order chi connectivity index (χ1) is 9.09. The van der Waals surface area contributed by atoms with E-state index in [4.69, 9.17) is 0 Å². The Bertz CT molecular complexity index is 552. The number of anilines is 1. The Hall–Kier alpha value is -1.68. The number of carbonyl (C=O) groups excluding carboxylic acids is 1. The van der Waals surface area contributed by atoms with Gasteiger partial charge in [0.15, 0.2) is 5.78 Å². The largest absolute Gasteiger partial charge is 0.378 e. The number of hydrogen-bond donors (Lipinski definition) is 0. The number of halogens is 1. The van der Waals surface area contributed by atoms with E-state index in [1.165, 1.54) is 0 Å². The Morgan fingerprint density at radius 1 is 1.11 bits per heavy atom. The Labute approximate surface area is 121 Å². The summed E-state index contributed by atoms with van der Waals surface area (Å²) in [5.74, 6) is 0.0523. The van der Waals surface area contributed by atoms with Crippen LogP contribution < -0.4 is 4.90 Å². The highest BCUT2D eigenvalue weighted by Gasteiger charge is 2.18. The topological polar surface area (TPSA) is 33.2 Å². The second-order valence-electron chi connectivity index (χ2n) is 4.45. The lowest BCUT2D eigenvalue weighted by atomic mass is 10.0. The minimum Gasteiger partial charge on any atom is -0.378 e. The molecule has 0 radical (unpaired) electrons. The van der Waals surface area contributed by atoms with Crippen molar-refractivity contribution in [2.24, 2.45) is 0 Å². The number of benzene rings is 1. The molecule has 0 saturated carbocycles. The van der Waals surface area contributed by atoms with Crippen LogP contribution in [0, 0.1) is 0 Å². The van der Waals surface area contributed by atoms with Crippen LogP contribution in [-0.2, 0) is 0 Å². The van der Waals surface area contributed by atoms with Gasteiger partial charge in [0, 0.05) is 37.7 Å². The highest BCUT2D eigenvalue weighted by Crippen LogP contribution is 2.27. The number of pyridine rings is 1. The van der Waals surface area contributed by atoms with Crippen molar-refractivity contribution in [1.29, 1.82) is 0 Å². The molecule has 1 aromatic carbocycles. The molecule has 1 aromatic heterocycles. The van der Waals surface area contributed by atoms with Crippen LogP contribution >= 0.6 is 15.9 Å². The molecule has 19 heavy (non-hydrogen) atoms. The number of Topliss-reactive ketones (excluding diaryl/α,β-unsaturated/α-hetero) is 1. The molecule has 0 bridgehead atoms. The number of rotatable bonds is 4. The van der Waals surface area contributed by atoms with Gasteiger partial charge in [-0.3, -0.25) is 9.78 Å². The standard InChI is InChI=1S/C15H15BrN2O/c1-18(2)13-5-3-12(4-6-13)15(19)14(16)11-7-9-17-10-8-11/h3-10,14H,1-2H3. The van der Waals surface area contributed by atoms with Gasteiger partial charge in [-0.25, -0.2) is 0 Å². The normalized spacial score (nSPS) is 11.9. The van der Waals surface area contributed by atoms with E-state index < -0.39 is 0 Å². The molecule has 0 aliphatic rings. The summed E-state index contributed by atoms with van der Waals surface area (Å²) in [7, 11) is 3.95. The third-order valence-corrected chi connectivity index (χ3v) is 3.84. The fraction of sp³-hybridized carbons (Fsp3) is 0.200. The summed E-state index contributed by atoms with van der Waals surface area (Å²) < 4.78 is 0. The minimum absolute atomic E-state index is 0.0523. The molecule has 0 aliphatic heterocycles. The first-order valence-corrected chi connectivity index (χ1v) is 6.87. The smallest absolute Gasteiger partial charge is 0.180 e. The fourth-order valence-corrected chi connectivity index (χ4v) is 2.32. The van der Waals surface area contributed by atoms with Gasteiger partial charge >= 0.3 is 0 Å². The van der Waals surface area contributed by atoms with Crippen LogP contribution in [-0.4, -0.2) is 24.9 Å². The van der Waals surface area contributed by atoms with Crippen LogP contribution in [0.15, 0.2) is 48.8 Å². The van der Waals surface area contributed by atoms with Gasteiger partial charge in [-0.1, -0.05) is 15.9 Å². The summed E-state index contributed by atoms with van der Waals surface area (Å²) in [6.45, 7) is 0. The van der Waals surface area contributed by atoms with Crippen LogP contribution in [0.2, 0.25) is 0 Å². The molecule has 0 spiro atoms. The van der Waals surface area contributed by atoms with E-state index in [2.05, 4.69) is 20.9 Å². The first-order valence-electron chi connectivity index (χ1n) is 5.95. The van der Waals surface area contributed by atoms with E-state index >= 15 is 0 Å². The maximum Gasteiger partial charge on any atom is 0.180 e. The highest BCUT2D eigenvalue weighted by molar-refractivity contribution is 9.09. The number of nitrogens with zero attached hydrogens (tertiary/aromatic N) is 2. The first kappa shape index (κ1) is 13.7. The van der Waals surface area contributed by atoms with Crippen molar-refractivity contribution in [3.05, 3.63) is 59.9 Å². The average molecular weight is 319 g/mol. The molecule has 3 nitrogen and oxygen atoms in total. The van der Waals surface area contributed by atoms with Crippen LogP contribution in [0.25, 0.3) is 0 Å². The molecule has 4 heteroatoms. The number of hydrogen-bond acceptors (Lipinski definition) is 3. The lowest BCUT2D eigenvalue weighted by molar-refractivity contribution is 0.0991. The predicted octanol–water partition coefficient (Wildman–Crippen LogP) is 3.47. The molecule has 1 unspecified atom stereocenters. The molecule has 0 saturated heterocycles. The molecular formula is C15H15BrN2O. The van der Waals surface area contributed by atoms with Gasteiger partial charge in [-0.05, 0) is 42.0 Å². The Morgan fingerprint density at radius 2 is 1.68 bits per heavy atom. The second kappa shape index (κ2) is 5.97. The Morgan fingerprint density at radius 3 is 2.21 bits per heavy atom. The van der Waals surface area contributed by atoms with Crippen molar-refractivity contribution >= 4 is 27.4 Å². The van der Waals surface area contributed by atoms with Crippen LogP contribution in [0.5, 0.6) is 0 Å². The fourth-order valence-electron chi connectivity index (χ4n) is 1.75. The molecule has 1 heterocycles. The van der Waals surface area contributed by atoms with E-state index in [-0.39, 0.29) is 10.6 Å². The zero-order valence-corrected chi connectivity index (χ0v) is 12.5. The van der Waals surface area contributed by atoms with Crippen molar-refractivity contribution in [2.45, 2.75) is 4.83 Å². The summed E-state index contributed by atoms with van der Waals surface area (Å²) in [6, 6.07) is 11.3. The number of aromatic nitrogens is 1. The lowest BCUT2D eigenvalue weighted by Crippen LogP contribution is -2.10. The molecule has 0 amide bonds. The van der Waals surface area contributed by atoms with Gasteiger partial charge in [0.1, 0.15) is 4.83 Å². The van der Waals surface area contributed by atoms with E-state index in [0.29, 0.717) is 5.56 Å². The Kier molecular flexibility index (Phi) is 4.32. The second-order valence-corrected chi connectivity index (χ2v) is 5.36. The molecule has 1 atom stereocenters. The Balaban J connectivity index is 2.20. The van der Waals surface area contributed by atoms with Gasteiger partial charge in [-0.15, -0.1) is 0 Å². The third-order valence-electron chi connectivity index (χ3n) is 2.90. The minimum atomic E-state index is -0.333. The van der Waals surface area contributed by atoms with Crippen LogP contribution in [0.1, 0.15) is 20.7 Å². The molecule has 0 N–H and O–H groups in total. The van der Waals surface area contributed by atoms with Gasteiger partial charge < -0.3 is 4.90 Å². The quantitative estimate of drug-likeness (QED) is 0.639. The SMILES string of the molecule is CN(C)c1ccc(C(=O)C(Br)c2ccncc2)cc1. The monoisotopic (exact) mass is 318 g/mol. The third kappa shape index (κ3) is 3.20. The number of ketones is 1. The predicted molar refractivity (Wildman–Crippen MR) is 81.0 cm³/mol. The molecule has 2 aromatic rings. The number of carbonyl (C=O) groups is 1. The van der Waals surface area contributed by atoms with E-state index in [1.807, 2.05) is 55.4 Å². The lowest BCUT2D eigenvalue weighted by Gasteiger charge is -2.13. The van der Waals surface area contributed by atoms with E-state index in [0.717, 1.165) is 11.3 Å². The van der Waals surface area contributed by atoms with Crippen molar-refractivity contribution in [3.63, 3.8) is 0 Å². The molecule has 2 rings (SSSR count). The summed E-state index contributed by atoms with van der Waals surface area (Å²) in [5, 5.41) is 0. The summed E-state index contributed by atoms with van der Waals surface area (Å²) in [5.41, 5.74) is 2.69. The molecule has 98 valence electrons. The molecule has 0 fully saturated rings. The van der Waals surface area contributed by atoms with Crippen LogP contribution in [0.4, 0.5) is 5.69 Å². The maximum absolute atomic E-state index is 12.3. The van der Waals surface area contributed by atoms with Crippen molar-refractivity contribution in [3.8, 4) is 0 Å². The summed E-state index contributed by atoms with van der Waals surface area (Å²) >= 11 is 3.45. The van der Waals surface area contributed by atoms with Crippen molar-refractivity contribution in [1.82, 2.24) is 4.98 Å². The van der Waals surface area contributed by atoms with Gasteiger partial charge in [0.2, 0.25) is 0 Å². The average Bonchev–Trinajstić information content (AvgIpc) is 2.46. The maximum atomic E-state index is 12.3. The highest BCUT2D eigenvalue weighted by atomic mass is 79.9. The van der Waals surface area contributed by atoms with Crippen molar-refractivity contribution in [2.75, 3.05) is 19.0 Å². The summed E-state index contributed by atoms with van der Waals surface area (Å²) in [4.78, 5) is 18.0. The molecular weight excluding hydrogens is 304 g/mol. The zero-order chi connectivity index (χ0) is 13.8.